The van der Waals surface area contributed by atoms with E-state index in [0.29, 0.717) is 0 Å². The van der Waals surface area contributed by atoms with Crippen molar-refractivity contribution in [3.63, 3.8) is 0 Å². The summed E-state index contributed by atoms with van der Waals surface area (Å²) in [5.74, 6) is -1.88. The van der Waals surface area contributed by atoms with Crippen molar-refractivity contribution in [2.75, 3.05) is 13.1 Å². The van der Waals surface area contributed by atoms with Crippen LogP contribution in [0.4, 0.5) is 13.2 Å². The molecular formula is C12H17F3N2O3. The van der Waals surface area contributed by atoms with E-state index in [1.165, 1.54) is 0 Å². The first-order valence-electron chi connectivity index (χ1n) is 6.57. The van der Waals surface area contributed by atoms with Crippen LogP contribution in [0.2, 0.25) is 0 Å². The Bertz CT molecular complexity index is 400. The lowest BCUT2D eigenvalue weighted by atomic mass is 9.84. The van der Waals surface area contributed by atoms with Crippen molar-refractivity contribution in [2.24, 2.45) is 17.8 Å². The van der Waals surface area contributed by atoms with Crippen LogP contribution in [0.25, 0.3) is 0 Å². The number of carbonyl (C=O) groups excluding carboxylic acids is 1. The Morgan fingerprint density at radius 3 is 2.45 bits per heavy atom. The molecule has 20 heavy (non-hydrogen) atoms. The summed E-state index contributed by atoms with van der Waals surface area (Å²) in [6, 6.07) is -0.317. The summed E-state index contributed by atoms with van der Waals surface area (Å²) in [4.78, 5) is 22.5. The molecule has 4 atom stereocenters. The number of carboxylic acids is 1. The van der Waals surface area contributed by atoms with Gasteiger partial charge in [0.1, 0.15) is 6.54 Å². The van der Waals surface area contributed by atoms with Gasteiger partial charge in [-0.05, 0) is 31.1 Å². The number of hydrogen-bond acceptors (Lipinski definition) is 3. The summed E-state index contributed by atoms with van der Waals surface area (Å²) in [6.07, 6.45) is -1.83. The standard InChI is InChI=1S/C12H17F3N2O3/c13-12(14,15)5-17-8(18)4-16-10-7-2-1-6(3-7)9(10)11(19)20/h6-7,9-10,16H,1-5H2,(H,17,18)(H,19,20). The molecule has 114 valence electrons. The summed E-state index contributed by atoms with van der Waals surface area (Å²) in [5, 5.41) is 13.8. The van der Waals surface area contributed by atoms with E-state index in [0.717, 1.165) is 19.3 Å². The molecule has 0 aromatic heterocycles. The van der Waals surface area contributed by atoms with Gasteiger partial charge in [-0.1, -0.05) is 0 Å². The third kappa shape index (κ3) is 3.41. The molecule has 0 aliphatic heterocycles. The molecule has 0 aromatic rings. The Kier molecular flexibility index (Phi) is 4.22. The highest BCUT2D eigenvalue weighted by molar-refractivity contribution is 5.78. The van der Waals surface area contributed by atoms with Gasteiger partial charge in [-0.25, -0.2) is 0 Å². The fraction of sp³-hybridized carbons (Fsp3) is 0.833. The lowest BCUT2D eigenvalue weighted by molar-refractivity contribution is -0.144. The Morgan fingerprint density at radius 2 is 1.85 bits per heavy atom. The third-order valence-corrected chi connectivity index (χ3v) is 4.19. The van der Waals surface area contributed by atoms with Gasteiger partial charge in [0.05, 0.1) is 12.5 Å². The summed E-state index contributed by atoms with van der Waals surface area (Å²) in [7, 11) is 0. The lowest BCUT2D eigenvalue weighted by Gasteiger charge is -2.28. The molecule has 2 aliphatic rings. The number of aliphatic carboxylic acids is 1. The second-order valence-electron chi connectivity index (χ2n) is 5.50. The highest BCUT2D eigenvalue weighted by Crippen LogP contribution is 2.48. The van der Waals surface area contributed by atoms with Gasteiger partial charge in [0, 0.05) is 6.04 Å². The normalized spacial score (nSPS) is 32.4. The van der Waals surface area contributed by atoms with Gasteiger partial charge < -0.3 is 15.7 Å². The van der Waals surface area contributed by atoms with Crippen molar-refractivity contribution in [3.8, 4) is 0 Å². The molecule has 2 fully saturated rings. The van der Waals surface area contributed by atoms with E-state index in [2.05, 4.69) is 5.32 Å². The van der Waals surface area contributed by atoms with Crippen LogP contribution in [-0.4, -0.2) is 42.3 Å². The molecule has 1 amide bonds. The van der Waals surface area contributed by atoms with Gasteiger partial charge in [-0.2, -0.15) is 13.2 Å². The largest absolute Gasteiger partial charge is 0.481 e. The van der Waals surface area contributed by atoms with Crippen molar-refractivity contribution < 1.29 is 27.9 Å². The van der Waals surface area contributed by atoms with Crippen molar-refractivity contribution in [1.82, 2.24) is 10.6 Å². The zero-order chi connectivity index (χ0) is 14.9. The number of carbonyl (C=O) groups is 2. The number of amides is 1. The molecule has 2 aliphatic carbocycles. The van der Waals surface area contributed by atoms with Crippen LogP contribution >= 0.6 is 0 Å². The van der Waals surface area contributed by atoms with E-state index < -0.39 is 30.5 Å². The monoisotopic (exact) mass is 294 g/mol. The minimum Gasteiger partial charge on any atom is -0.481 e. The summed E-state index contributed by atoms with van der Waals surface area (Å²) >= 11 is 0. The molecule has 0 spiro atoms. The summed E-state index contributed by atoms with van der Waals surface area (Å²) < 4.78 is 35.8. The number of nitrogens with one attached hydrogen (secondary N) is 2. The Hall–Kier alpha value is -1.31. The van der Waals surface area contributed by atoms with Crippen LogP contribution in [0.1, 0.15) is 19.3 Å². The van der Waals surface area contributed by atoms with E-state index in [-0.39, 0.29) is 24.4 Å². The molecule has 0 saturated heterocycles. The number of fused-ring (bicyclic) bond motifs is 2. The van der Waals surface area contributed by atoms with Crippen LogP contribution in [0.5, 0.6) is 0 Å². The van der Waals surface area contributed by atoms with Crippen molar-refractivity contribution in [3.05, 3.63) is 0 Å². The van der Waals surface area contributed by atoms with Crippen LogP contribution in [0.3, 0.4) is 0 Å². The van der Waals surface area contributed by atoms with Crippen molar-refractivity contribution >= 4 is 11.9 Å². The van der Waals surface area contributed by atoms with Crippen LogP contribution in [0, 0.1) is 17.8 Å². The van der Waals surface area contributed by atoms with E-state index in [4.69, 9.17) is 0 Å². The molecule has 8 heteroatoms. The minimum atomic E-state index is -4.44. The van der Waals surface area contributed by atoms with Gasteiger partial charge in [0.2, 0.25) is 5.91 Å². The first kappa shape index (κ1) is 15.1. The summed E-state index contributed by atoms with van der Waals surface area (Å²) in [6.45, 7) is -1.65. The maximum atomic E-state index is 11.9. The maximum absolute atomic E-state index is 11.9. The number of carboxylic acid groups (broad SMARTS) is 1. The predicted molar refractivity (Wildman–Crippen MR) is 62.8 cm³/mol. The molecule has 0 aromatic carbocycles. The minimum absolute atomic E-state index is 0.119. The number of hydrogen-bond donors (Lipinski definition) is 3. The molecular weight excluding hydrogens is 277 g/mol. The van der Waals surface area contributed by atoms with Gasteiger partial charge in [0.15, 0.2) is 0 Å². The first-order valence-corrected chi connectivity index (χ1v) is 6.57. The first-order chi connectivity index (χ1) is 9.28. The Morgan fingerprint density at radius 1 is 1.20 bits per heavy atom. The molecule has 4 unspecified atom stereocenters. The lowest BCUT2D eigenvalue weighted by Crippen LogP contribution is -2.48. The van der Waals surface area contributed by atoms with Gasteiger partial charge >= 0.3 is 12.1 Å². The molecule has 2 bridgehead atoms. The number of alkyl halides is 3. The van der Waals surface area contributed by atoms with E-state index >= 15 is 0 Å². The van der Waals surface area contributed by atoms with E-state index in [1.54, 1.807) is 5.32 Å². The SMILES string of the molecule is O=C(CNC1C2CCC(C2)C1C(=O)O)NCC(F)(F)F. The fourth-order valence-corrected chi connectivity index (χ4v) is 3.41. The highest BCUT2D eigenvalue weighted by Gasteiger charge is 2.50. The molecule has 2 rings (SSSR count). The molecule has 3 N–H and O–H groups in total. The zero-order valence-corrected chi connectivity index (χ0v) is 10.7. The zero-order valence-electron chi connectivity index (χ0n) is 10.7. The van der Waals surface area contributed by atoms with Crippen molar-refractivity contribution in [2.45, 2.75) is 31.5 Å². The number of halogens is 3. The quantitative estimate of drug-likeness (QED) is 0.699. The smallest absolute Gasteiger partial charge is 0.405 e. The van der Waals surface area contributed by atoms with E-state index in [1.807, 2.05) is 0 Å². The second-order valence-corrected chi connectivity index (χ2v) is 5.50. The van der Waals surface area contributed by atoms with Gasteiger partial charge in [0.25, 0.3) is 0 Å². The molecule has 5 nitrogen and oxygen atoms in total. The molecule has 0 radical (unpaired) electrons. The number of rotatable bonds is 5. The average Bonchev–Trinajstić information content (AvgIpc) is 2.92. The average molecular weight is 294 g/mol. The Balaban J connectivity index is 1.81. The topological polar surface area (TPSA) is 78.4 Å². The second kappa shape index (κ2) is 5.59. The predicted octanol–water partition coefficient (Wildman–Crippen LogP) is 0.754. The van der Waals surface area contributed by atoms with E-state index in [9.17, 15) is 27.9 Å². The third-order valence-electron chi connectivity index (χ3n) is 4.19. The maximum Gasteiger partial charge on any atom is 0.405 e. The summed E-state index contributed by atoms with van der Waals surface area (Å²) in [5.41, 5.74) is 0. The van der Waals surface area contributed by atoms with Crippen LogP contribution in [0.15, 0.2) is 0 Å². The fourth-order valence-electron chi connectivity index (χ4n) is 3.41. The van der Waals surface area contributed by atoms with Crippen LogP contribution < -0.4 is 10.6 Å². The molecule has 0 heterocycles. The van der Waals surface area contributed by atoms with Crippen LogP contribution in [-0.2, 0) is 9.59 Å². The molecule has 2 saturated carbocycles. The highest BCUT2D eigenvalue weighted by atomic mass is 19.4. The van der Waals surface area contributed by atoms with Gasteiger partial charge in [-0.15, -0.1) is 0 Å². The van der Waals surface area contributed by atoms with Crippen molar-refractivity contribution in [1.29, 1.82) is 0 Å². The van der Waals surface area contributed by atoms with Gasteiger partial charge in [-0.3, -0.25) is 9.59 Å². The Labute approximate surface area is 113 Å².